The van der Waals surface area contributed by atoms with Gasteiger partial charge >= 0.3 is 5.97 Å². The van der Waals surface area contributed by atoms with Crippen LogP contribution in [0.2, 0.25) is 0 Å². The molecule has 0 amide bonds. The monoisotopic (exact) mass is 214 g/mol. The molecule has 1 rings (SSSR count). The summed E-state index contributed by atoms with van der Waals surface area (Å²) in [5.41, 5.74) is 0. The van der Waals surface area contributed by atoms with Crippen LogP contribution < -0.4 is 0 Å². The van der Waals surface area contributed by atoms with Gasteiger partial charge in [-0.05, 0) is 47.0 Å². The molecule has 1 aliphatic rings. The number of likely N-dealkylation sites (tertiary alicyclic amines) is 1. The Bertz CT molecular complexity index is 219. The van der Waals surface area contributed by atoms with E-state index in [1.54, 1.807) is 4.90 Å². The lowest BCUT2D eigenvalue weighted by atomic mass is 9.96. The number of hydrogen-bond donors (Lipinski definition) is 1. The Morgan fingerprint density at radius 1 is 1.53 bits per heavy atom. The summed E-state index contributed by atoms with van der Waals surface area (Å²) >= 11 is 0. The molecule has 0 radical (unpaired) electrons. The summed E-state index contributed by atoms with van der Waals surface area (Å²) in [6.07, 6.45) is 4.34. The SMILES string of the molecule is CN(C)C(CC1CCCCN1C)C(=O)O. The minimum Gasteiger partial charge on any atom is -0.480 e. The third kappa shape index (κ3) is 3.47. The van der Waals surface area contributed by atoms with Gasteiger partial charge in [-0.15, -0.1) is 0 Å². The van der Waals surface area contributed by atoms with E-state index in [1.165, 1.54) is 12.8 Å². The fraction of sp³-hybridized carbons (Fsp3) is 0.909. The second-order valence-corrected chi connectivity index (χ2v) is 4.68. The van der Waals surface area contributed by atoms with Crippen molar-refractivity contribution in [3.63, 3.8) is 0 Å². The average Bonchev–Trinajstić information content (AvgIpc) is 2.15. The van der Waals surface area contributed by atoms with Crippen molar-refractivity contribution in [3.8, 4) is 0 Å². The van der Waals surface area contributed by atoms with E-state index in [4.69, 9.17) is 5.11 Å². The zero-order chi connectivity index (χ0) is 11.4. The molecule has 15 heavy (non-hydrogen) atoms. The van der Waals surface area contributed by atoms with E-state index in [0.29, 0.717) is 6.04 Å². The summed E-state index contributed by atoms with van der Waals surface area (Å²) in [5.74, 6) is -0.709. The van der Waals surface area contributed by atoms with E-state index in [2.05, 4.69) is 11.9 Å². The van der Waals surface area contributed by atoms with E-state index in [9.17, 15) is 4.79 Å². The lowest BCUT2D eigenvalue weighted by Crippen LogP contribution is -2.44. The van der Waals surface area contributed by atoms with Crippen molar-refractivity contribution in [2.24, 2.45) is 0 Å². The molecule has 0 bridgehead atoms. The molecule has 0 aromatic heterocycles. The number of likely N-dealkylation sites (N-methyl/N-ethyl adjacent to an activating group) is 1. The van der Waals surface area contributed by atoms with E-state index < -0.39 is 5.97 Å². The van der Waals surface area contributed by atoms with E-state index >= 15 is 0 Å². The van der Waals surface area contributed by atoms with Gasteiger partial charge in [0, 0.05) is 6.04 Å². The number of rotatable bonds is 4. The van der Waals surface area contributed by atoms with Gasteiger partial charge in [-0.3, -0.25) is 9.69 Å². The highest BCUT2D eigenvalue weighted by atomic mass is 16.4. The van der Waals surface area contributed by atoms with Crippen LogP contribution in [0.25, 0.3) is 0 Å². The van der Waals surface area contributed by atoms with Crippen molar-refractivity contribution in [3.05, 3.63) is 0 Å². The van der Waals surface area contributed by atoms with Gasteiger partial charge in [0.05, 0.1) is 0 Å². The number of hydrogen-bond acceptors (Lipinski definition) is 3. The zero-order valence-corrected chi connectivity index (χ0v) is 9.94. The molecular weight excluding hydrogens is 192 g/mol. The van der Waals surface area contributed by atoms with Crippen molar-refractivity contribution >= 4 is 5.97 Å². The van der Waals surface area contributed by atoms with Crippen LogP contribution in [-0.2, 0) is 4.79 Å². The Morgan fingerprint density at radius 3 is 2.67 bits per heavy atom. The zero-order valence-electron chi connectivity index (χ0n) is 9.94. The Balaban J connectivity index is 2.52. The van der Waals surface area contributed by atoms with Gasteiger partial charge in [-0.1, -0.05) is 6.42 Å². The van der Waals surface area contributed by atoms with Gasteiger partial charge in [0.15, 0.2) is 0 Å². The highest BCUT2D eigenvalue weighted by Gasteiger charge is 2.27. The highest BCUT2D eigenvalue weighted by molar-refractivity contribution is 5.73. The standard InChI is InChI=1S/C11H22N2O2/c1-12(2)10(11(14)15)8-9-6-4-5-7-13(9)3/h9-10H,4-8H2,1-3H3,(H,14,15). The molecule has 1 aliphatic heterocycles. The van der Waals surface area contributed by atoms with Crippen molar-refractivity contribution in [2.75, 3.05) is 27.7 Å². The number of piperidine rings is 1. The molecule has 0 aliphatic carbocycles. The van der Waals surface area contributed by atoms with E-state index in [-0.39, 0.29) is 6.04 Å². The van der Waals surface area contributed by atoms with Gasteiger partial charge in [-0.25, -0.2) is 0 Å². The van der Waals surface area contributed by atoms with Gasteiger partial charge in [0.2, 0.25) is 0 Å². The van der Waals surface area contributed by atoms with E-state index in [0.717, 1.165) is 19.4 Å². The molecule has 1 N–H and O–H groups in total. The van der Waals surface area contributed by atoms with Crippen LogP contribution in [0.4, 0.5) is 0 Å². The first-order chi connectivity index (χ1) is 7.02. The topological polar surface area (TPSA) is 43.8 Å². The van der Waals surface area contributed by atoms with Gasteiger partial charge < -0.3 is 10.0 Å². The Hall–Kier alpha value is -0.610. The third-order valence-electron chi connectivity index (χ3n) is 3.33. The molecule has 0 aromatic rings. The minimum atomic E-state index is -0.709. The largest absolute Gasteiger partial charge is 0.480 e. The molecule has 0 aromatic carbocycles. The smallest absolute Gasteiger partial charge is 0.320 e. The van der Waals surface area contributed by atoms with Crippen molar-refractivity contribution in [1.82, 2.24) is 9.80 Å². The Kier molecular flexibility index (Phi) is 4.54. The van der Waals surface area contributed by atoms with Gasteiger partial charge in [-0.2, -0.15) is 0 Å². The first-order valence-electron chi connectivity index (χ1n) is 5.62. The lowest BCUT2D eigenvalue weighted by Gasteiger charge is -2.35. The van der Waals surface area contributed by atoms with Crippen LogP contribution >= 0.6 is 0 Å². The average molecular weight is 214 g/mol. The maximum Gasteiger partial charge on any atom is 0.320 e. The Morgan fingerprint density at radius 2 is 2.20 bits per heavy atom. The maximum absolute atomic E-state index is 11.1. The summed E-state index contributed by atoms with van der Waals surface area (Å²) < 4.78 is 0. The summed E-state index contributed by atoms with van der Waals surface area (Å²) in [5, 5.41) is 9.10. The third-order valence-corrected chi connectivity index (χ3v) is 3.33. The molecule has 2 unspecified atom stereocenters. The summed E-state index contributed by atoms with van der Waals surface area (Å²) in [4.78, 5) is 15.2. The fourth-order valence-corrected chi connectivity index (χ4v) is 2.23. The molecule has 0 spiro atoms. The van der Waals surface area contributed by atoms with Crippen molar-refractivity contribution < 1.29 is 9.90 Å². The fourth-order valence-electron chi connectivity index (χ4n) is 2.23. The molecule has 4 nitrogen and oxygen atoms in total. The predicted molar refractivity (Wildman–Crippen MR) is 60.0 cm³/mol. The molecule has 1 fully saturated rings. The summed E-state index contributed by atoms with van der Waals surface area (Å²) in [6, 6.07) is 0.0813. The van der Waals surface area contributed by atoms with Crippen molar-refractivity contribution in [1.29, 1.82) is 0 Å². The first kappa shape index (κ1) is 12.5. The van der Waals surface area contributed by atoms with Crippen LogP contribution in [0.3, 0.4) is 0 Å². The summed E-state index contributed by atoms with van der Waals surface area (Å²) in [7, 11) is 5.77. The Labute approximate surface area is 91.9 Å². The molecule has 1 saturated heterocycles. The van der Waals surface area contributed by atoms with Gasteiger partial charge in [0.1, 0.15) is 6.04 Å². The first-order valence-corrected chi connectivity index (χ1v) is 5.62. The molecule has 4 heteroatoms. The minimum absolute atomic E-state index is 0.351. The normalized spacial score (nSPS) is 25.5. The van der Waals surface area contributed by atoms with Crippen LogP contribution in [-0.4, -0.2) is 60.6 Å². The maximum atomic E-state index is 11.1. The molecular formula is C11H22N2O2. The quantitative estimate of drug-likeness (QED) is 0.754. The summed E-state index contributed by atoms with van der Waals surface area (Å²) in [6.45, 7) is 1.10. The van der Waals surface area contributed by atoms with Crippen LogP contribution in [0.15, 0.2) is 0 Å². The van der Waals surface area contributed by atoms with Crippen LogP contribution in [0.5, 0.6) is 0 Å². The number of aliphatic carboxylic acids is 1. The second-order valence-electron chi connectivity index (χ2n) is 4.68. The molecule has 88 valence electrons. The molecule has 0 saturated carbocycles. The number of carboxylic acid groups (broad SMARTS) is 1. The number of carboxylic acids is 1. The number of nitrogens with zero attached hydrogens (tertiary/aromatic N) is 2. The highest BCUT2D eigenvalue weighted by Crippen LogP contribution is 2.20. The molecule has 2 atom stereocenters. The van der Waals surface area contributed by atoms with Crippen LogP contribution in [0.1, 0.15) is 25.7 Å². The lowest BCUT2D eigenvalue weighted by molar-refractivity contribution is -0.143. The number of carbonyl (C=O) groups is 1. The van der Waals surface area contributed by atoms with Crippen molar-refractivity contribution in [2.45, 2.75) is 37.8 Å². The van der Waals surface area contributed by atoms with E-state index in [1.807, 2.05) is 14.1 Å². The van der Waals surface area contributed by atoms with Crippen LogP contribution in [0, 0.1) is 0 Å². The predicted octanol–water partition coefficient (Wildman–Crippen LogP) is 0.876. The van der Waals surface area contributed by atoms with Gasteiger partial charge in [0.25, 0.3) is 0 Å². The molecule has 1 heterocycles. The second kappa shape index (κ2) is 5.47.